The molecule has 0 spiro atoms. The molecular formula is C19H23NO3. The van der Waals surface area contributed by atoms with Crippen LogP contribution in [0, 0.1) is 0 Å². The molecule has 0 unspecified atom stereocenters. The molecule has 0 radical (unpaired) electrons. The van der Waals surface area contributed by atoms with E-state index in [0.717, 1.165) is 22.6 Å². The van der Waals surface area contributed by atoms with E-state index in [1.54, 1.807) is 13.2 Å². The minimum Gasteiger partial charge on any atom is -0.504 e. The fourth-order valence-electron chi connectivity index (χ4n) is 2.34. The second-order valence-electron chi connectivity index (χ2n) is 5.11. The zero-order valence-corrected chi connectivity index (χ0v) is 13.6. The number of benzene rings is 2. The Morgan fingerprint density at radius 3 is 2.57 bits per heavy atom. The van der Waals surface area contributed by atoms with Crippen molar-refractivity contribution in [2.24, 2.45) is 0 Å². The number of aromatic hydroxyl groups is 1. The predicted molar refractivity (Wildman–Crippen MR) is 93.5 cm³/mol. The average Bonchev–Trinajstić information content (AvgIpc) is 2.57. The Hall–Kier alpha value is -2.62. The van der Waals surface area contributed by atoms with Gasteiger partial charge in [-0.25, -0.2) is 0 Å². The molecule has 0 heterocycles. The van der Waals surface area contributed by atoms with Gasteiger partial charge in [-0.2, -0.15) is 0 Å². The lowest BCUT2D eigenvalue weighted by atomic mass is 10.1. The topological polar surface area (TPSA) is 50.7 Å². The number of hydrogen-bond donors (Lipinski definition) is 2. The van der Waals surface area contributed by atoms with Crippen LogP contribution >= 0.6 is 0 Å². The number of nitrogens with one attached hydrogen (secondary N) is 1. The van der Waals surface area contributed by atoms with Crippen LogP contribution in [0.2, 0.25) is 0 Å². The van der Waals surface area contributed by atoms with E-state index < -0.39 is 0 Å². The van der Waals surface area contributed by atoms with E-state index in [4.69, 9.17) is 9.47 Å². The highest BCUT2D eigenvalue weighted by Crippen LogP contribution is 2.32. The molecule has 4 nitrogen and oxygen atoms in total. The van der Waals surface area contributed by atoms with Gasteiger partial charge in [-0.15, -0.1) is 6.58 Å². The molecule has 4 heteroatoms. The first-order chi connectivity index (χ1) is 11.2. The summed E-state index contributed by atoms with van der Waals surface area (Å²) in [4.78, 5) is 0. The van der Waals surface area contributed by atoms with E-state index >= 15 is 0 Å². The minimum atomic E-state index is 0.178. The highest BCUT2D eigenvalue weighted by atomic mass is 16.5. The van der Waals surface area contributed by atoms with Crippen LogP contribution in [0.3, 0.4) is 0 Å². The molecule has 2 aromatic rings. The maximum Gasteiger partial charge on any atom is 0.161 e. The summed E-state index contributed by atoms with van der Waals surface area (Å²) in [6.07, 6.45) is 2.36. The molecule has 2 aromatic carbocycles. The third-order valence-corrected chi connectivity index (χ3v) is 3.46. The van der Waals surface area contributed by atoms with Crippen molar-refractivity contribution in [3.8, 4) is 17.2 Å². The summed E-state index contributed by atoms with van der Waals surface area (Å²) in [7, 11) is 1.55. The molecular weight excluding hydrogens is 290 g/mol. The lowest BCUT2D eigenvalue weighted by molar-refractivity contribution is 0.340. The lowest BCUT2D eigenvalue weighted by Crippen LogP contribution is -2.01. The molecule has 0 bridgehead atoms. The second kappa shape index (κ2) is 8.13. The van der Waals surface area contributed by atoms with Gasteiger partial charge in [0.05, 0.1) is 13.7 Å². The molecule has 0 aliphatic heterocycles. The van der Waals surface area contributed by atoms with Crippen LogP contribution in [0.1, 0.15) is 18.1 Å². The van der Waals surface area contributed by atoms with Crippen LogP contribution in [-0.4, -0.2) is 18.8 Å². The summed E-state index contributed by atoms with van der Waals surface area (Å²) < 4.78 is 10.7. The molecule has 0 aromatic heterocycles. The Balaban J connectivity index is 2.10. The third kappa shape index (κ3) is 4.42. The van der Waals surface area contributed by atoms with Crippen molar-refractivity contribution in [1.82, 2.24) is 0 Å². The Morgan fingerprint density at radius 2 is 1.96 bits per heavy atom. The van der Waals surface area contributed by atoms with E-state index in [1.807, 2.05) is 43.3 Å². The standard InChI is InChI=1S/C19H23NO3/c1-4-6-15-11-14(12-18(22-3)19(15)21)13-20-16-7-9-17(10-8-16)23-5-2/h4,7-12,20-21H,1,5-6,13H2,2-3H3. The van der Waals surface area contributed by atoms with Gasteiger partial charge in [0.25, 0.3) is 0 Å². The van der Waals surface area contributed by atoms with E-state index in [1.165, 1.54) is 0 Å². The van der Waals surface area contributed by atoms with Gasteiger partial charge in [-0.1, -0.05) is 6.08 Å². The SMILES string of the molecule is C=CCc1cc(CNc2ccc(OCC)cc2)cc(OC)c1O. The molecule has 122 valence electrons. The zero-order valence-electron chi connectivity index (χ0n) is 13.6. The van der Waals surface area contributed by atoms with Crippen LogP contribution in [-0.2, 0) is 13.0 Å². The second-order valence-corrected chi connectivity index (χ2v) is 5.11. The molecule has 23 heavy (non-hydrogen) atoms. The summed E-state index contributed by atoms with van der Waals surface area (Å²) in [5, 5.41) is 13.5. The number of anilines is 1. The van der Waals surface area contributed by atoms with Gasteiger partial charge in [0.1, 0.15) is 5.75 Å². The lowest BCUT2D eigenvalue weighted by Gasteiger charge is -2.13. The van der Waals surface area contributed by atoms with Crippen molar-refractivity contribution in [3.05, 3.63) is 60.2 Å². The van der Waals surface area contributed by atoms with Crippen molar-refractivity contribution in [3.63, 3.8) is 0 Å². The van der Waals surface area contributed by atoms with Crippen molar-refractivity contribution in [2.75, 3.05) is 19.0 Å². The largest absolute Gasteiger partial charge is 0.504 e. The normalized spacial score (nSPS) is 10.2. The maximum atomic E-state index is 10.1. The average molecular weight is 313 g/mol. The Labute approximate surface area is 137 Å². The molecule has 0 amide bonds. The van der Waals surface area contributed by atoms with Crippen LogP contribution in [0.5, 0.6) is 17.2 Å². The molecule has 0 aliphatic carbocycles. The van der Waals surface area contributed by atoms with Gasteiger partial charge in [0.2, 0.25) is 0 Å². The number of hydrogen-bond acceptors (Lipinski definition) is 4. The molecule has 0 aliphatic rings. The quantitative estimate of drug-likeness (QED) is 0.719. The van der Waals surface area contributed by atoms with Crippen molar-refractivity contribution in [2.45, 2.75) is 19.9 Å². The maximum absolute atomic E-state index is 10.1. The fraction of sp³-hybridized carbons (Fsp3) is 0.263. The highest BCUT2D eigenvalue weighted by molar-refractivity contribution is 5.51. The first-order valence-corrected chi connectivity index (χ1v) is 7.64. The van der Waals surface area contributed by atoms with Crippen molar-refractivity contribution >= 4 is 5.69 Å². The van der Waals surface area contributed by atoms with Crippen LogP contribution in [0.4, 0.5) is 5.69 Å². The summed E-state index contributed by atoms with van der Waals surface area (Å²) in [6.45, 7) is 6.98. The van der Waals surface area contributed by atoms with Gasteiger partial charge < -0.3 is 19.9 Å². The van der Waals surface area contributed by atoms with Crippen LogP contribution in [0.15, 0.2) is 49.1 Å². The predicted octanol–water partition coefficient (Wildman–Crippen LogP) is 4.14. The van der Waals surface area contributed by atoms with Crippen LogP contribution < -0.4 is 14.8 Å². The first-order valence-electron chi connectivity index (χ1n) is 7.64. The number of phenols is 1. The summed E-state index contributed by atoms with van der Waals surface area (Å²) >= 11 is 0. The molecule has 2 rings (SSSR count). The molecule has 0 saturated carbocycles. The van der Waals surface area contributed by atoms with Gasteiger partial charge in [0, 0.05) is 17.8 Å². The minimum absolute atomic E-state index is 0.178. The van der Waals surface area contributed by atoms with Crippen molar-refractivity contribution in [1.29, 1.82) is 0 Å². The number of ether oxygens (including phenoxy) is 2. The van der Waals surface area contributed by atoms with E-state index in [9.17, 15) is 5.11 Å². The molecule has 0 fully saturated rings. The Bertz CT molecular complexity index is 650. The van der Waals surface area contributed by atoms with E-state index in [-0.39, 0.29) is 5.75 Å². The Morgan fingerprint density at radius 1 is 1.22 bits per heavy atom. The van der Waals surface area contributed by atoms with E-state index in [0.29, 0.717) is 25.3 Å². The number of allylic oxidation sites excluding steroid dienone is 1. The Kier molecular flexibility index (Phi) is 5.92. The zero-order chi connectivity index (χ0) is 16.7. The summed E-state index contributed by atoms with van der Waals surface area (Å²) in [6, 6.07) is 11.6. The third-order valence-electron chi connectivity index (χ3n) is 3.46. The first kappa shape index (κ1) is 16.7. The molecule has 0 saturated heterocycles. The molecule has 2 N–H and O–H groups in total. The fourth-order valence-corrected chi connectivity index (χ4v) is 2.34. The van der Waals surface area contributed by atoms with Crippen molar-refractivity contribution < 1.29 is 14.6 Å². The number of methoxy groups -OCH3 is 1. The number of phenolic OH excluding ortho intramolecular Hbond substituents is 1. The van der Waals surface area contributed by atoms with Gasteiger partial charge >= 0.3 is 0 Å². The van der Waals surface area contributed by atoms with Gasteiger partial charge in [0.15, 0.2) is 11.5 Å². The van der Waals surface area contributed by atoms with Gasteiger partial charge in [-0.3, -0.25) is 0 Å². The molecule has 0 atom stereocenters. The smallest absolute Gasteiger partial charge is 0.161 e. The van der Waals surface area contributed by atoms with E-state index in [2.05, 4.69) is 11.9 Å². The summed E-state index contributed by atoms with van der Waals surface area (Å²) in [5.41, 5.74) is 2.85. The summed E-state index contributed by atoms with van der Waals surface area (Å²) in [5.74, 6) is 1.52. The number of rotatable bonds is 8. The highest BCUT2D eigenvalue weighted by Gasteiger charge is 2.09. The monoisotopic (exact) mass is 313 g/mol. The van der Waals surface area contributed by atoms with Crippen LogP contribution in [0.25, 0.3) is 0 Å². The van der Waals surface area contributed by atoms with Gasteiger partial charge in [-0.05, 0) is 55.3 Å².